The molecule has 0 spiro atoms. The largest absolute Gasteiger partial charge is 0.493 e. The van der Waals surface area contributed by atoms with Crippen molar-refractivity contribution in [3.8, 4) is 11.5 Å². The zero-order chi connectivity index (χ0) is 14.0. The summed E-state index contributed by atoms with van der Waals surface area (Å²) in [4.78, 5) is 0.917. The van der Waals surface area contributed by atoms with Crippen molar-refractivity contribution in [2.24, 2.45) is 7.05 Å². The summed E-state index contributed by atoms with van der Waals surface area (Å²) < 4.78 is 12.3. The van der Waals surface area contributed by atoms with Crippen LogP contribution in [0.2, 0.25) is 0 Å². The van der Waals surface area contributed by atoms with E-state index in [0.29, 0.717) is 17.2 Å². The molecule has 2 rings (SSSR count). The van der Waals surface area contributed by atoms with E-state index in [-0.39, 0.29) is 0 Å². The summed E-state index contributed by atoms with van der Waals surface area (Å²) in [5.74, 6) is 1.30. The number of nitrogen functional groups attached to an aromatic ring is 1. The molecule has 19 heavy (non-hydrogen) atoms. The minimum absolute atomic E-state index is 0.630. The van der Waals surface area contributed by atoms with Crippen LogP contribution in [0, 0.1) is 6.92 Å². The van der Waals surface area contributed by atoms with Gasteiger partial charge < -0.3 is 15.2 Å². The van der Waals surface area contributed by atoms with Crippen LogP contribution in [0.15, 0.2) is 28.1 Å². The van der Waals surface area contributed by atoms with Gasteiger partial charge in [-0.05, 0) is 13.0 Å². The summed E-state index contributed by atoms with van der Waals surface area (Å²) >= 11 is 1.55. The Morgan fingerprint density at radius 2 is 1.79 bits per heavy atom. The van der Waals surface area contributed by atoms with Crippen molar-refractivity contribution in [2.75, 3.05) is 20.0 Å². The van der Waals surface area contributed by atoms with E-state index in [1.165, 1.54) is 0 Å². The van der Waals surface area contributed by atoms with Crippen LogP contribution in [0.4, 0.5) is 5.69 Å². The number of rotatable bonds is 4. The lowest BCUT2D eigenvalue weighted by Gasteiger charge is -2.12. The summed E-state index contributed by atoms with van der Waals surface area (Å²) in [6, 6.07) is 5.66. The van der Waals surface area contributed by atoms with Crippen molar-refractivity contribution in [3.05, 3.63) is 23.9 Å². The first-order chi connectivity index (χ1) is 9.05. The lowest BCUT2D eigenvalue weighted by Crippen LogP contribution is -1.97. The average Bonchev–Trinajstić information content (AvgIpc) is 2.69. The Labute approximate surface area is 116 Å². The maximum Gasteiger partial charge on any atom is 0.162 e. The first kappa shape index (κ1) is 13.6. The van der Waals surface area contributed by atoms with Crippen molar-refractivity contribution >= 4 is 17.4 Å². The number of aryl methyl sites for hydroxylation is 2. The van der Waals surface area contributed by atoms with Gasteiger partial charge in [-0.15, -0.1) is 0 Å². The van der Waals surface area contributed by atoms with Crippen molar-refractivity contribution in [2.45, 2.75) is 16.8 Å². The first-order valence-corrected chi connectivity index (χ1v) is 6.56. The van der Waals surface area contributed by atoms with Gasteiger partial charge in [-0.25, -0.2) is 0 Å². The van der Waals surface area contributed by atoms with Crippen molar-refractivity contribution < 1.29 is 9.47 Å². The Kier molecular flexibility index (Phi) is 3.90. The number of nitrogens with two attached hydrogens (primary N) is 1. The minimum atomic E-state index is 0.630. The van der Waals surface area contributed by atoms with E-state index in [1.54, 1.807) is 32.0 Å². The predicted molar refractivity (Wildman–Crippen MR) is 76.0 cm³/mol. The summed E-state index contributed by atoms with van der Waals surface area (Å²) in [7, 11) is 5.11. The van der Waals surface area contributed by atoms with Crippen molar-refractivity contribution in [3.63, 3.8) is 0 Å². The van der Waals surface area contributed by atoms with Gasteiger partial charge in [0.25, 0.3) is 0 Å². The fraction of sp³-hybridized carbons (Fsp3) is 0.308. The predicted octanol–water partition coefficient (Wildman–Crippen LogP) is 2.48. The molecule has 0 bridgehead atoms. The third-order valence-corrected chi connectivity index (χ3v) is 3.85. The third-order valence-electron chi connectivity index (χ3n) is 2.69. The average molecular weight is 279 g/mol. The molecule has 0 amide bonds. The van der Waals surface area contributed by atoms with Crippen LogP contribution < -0.4 is 15.2 Å². The molecular formula is C13H17N3O2S. The molecule has 0 fully saturated rings. The van der Waals surface area contributed by atoms with Gasteiger partial charge in [0, 0.05) is 29.8 Å². The van der Waals surface area contributed by atoms with Gasteiger partial charge in [-0.1, -0.05) is 11.8 Å². The number of anilines is 1. The molecule has 2 N–H and O–H groups in total. The molecule has 0 atom stereocenters. The first-order valence-electron chi connectivity index (χ1n) is 5.75. The second-order valence-electron chi connectivity index (χ2n) is 4.09. The third kappa shape index (κ3) is 2.78. The highest BCUT2D eigenvalue weighted by Gasteiger charge is 2.12. The van der Waals surface area contributed by atoms with Gasteiger partial charge in [-0.2, -0.15) is 5.10 Å². The van der Waals surface area contributed by atoms with Gasteiger partial charge in [-0.3, -0.25) is 4.68 Å². The number of ether oxygens (including phenoxy) is 2. The Morgan fingerprint density at radius 3 is 2.32 bits per heavy atom. The second-order valence-corrected chi connectivity index (χ2v) is 5.16. The number of hydrogen-bond donors (Lipinski definition) is 1. The molecule has 0 aliphatic heterocycles. The highest BCUT2D eigenvalue weighted by atomic mass is 32.2. The van der Waals surface area contributed by atoms with Gasteiger partial charge in [0.15, 0.2) is 11.5 Å². The molecule has 2 aromatic rings. The fourth-order valence-electron chi connectivity index (χ4n) is 1.76. The van der Waals surface area contributed by atoms with Crippen LogP contribution in [0.5, 0.6) is 11.5 Å². The Balaban J connectivity index is 2.37. The summed E-state index contributed by atoms with van der Waals surface area (Å²) in [5.41, 5.74) is 7.67. The smallest absolute Gasteiger partial charge is 0.162 e. The molecule has 0 aliphatic rings. The molecule has 1 aromatic carbocycles. The number of aromatic nitrogens is 2. The Bertz CT molecular complexity index is 596. The lowest BCUT2D eigenvalue weighted by atomic mass is 10.3. The highest BCUT2D eigenvalue weighted by molar-refractivity contribution is 7.99. The molecule has 1 heterocycles. The highest BCUT2D eigenvalue weighted by Crippen LogP contribution is 2.39. The molecule has 5 nitrogen and oxygen atoms in total. The molecule has 1 aromatic heterocycles. The van der Waals surface area contributed by atoms with E-state index in [0.717, 1.165) is 15.6 Å². The molecule has 0 saturated heterocycles. The molecule has 0 radical (unpaired) electrons. The Morgan fingerprint density at radius 1 is 1.16 bits per heavy atom. The van der Waals surface area contributed by atoms with Gasteiger partial charge in [0.2, 0.25) is 0 Å². The summed E-state index contributed by atoms with van der Waals surface area (Å²) in [5, 5.41) is 5.34. The zero-order valence-corrected chi connectivity index (χ0v) is 12.2. The van der Waals surface area contributed by atoms with Crippen LogP contribution in [-0.2, 0) is 7.05 Å². The molecule has 0 saturated carbocycles. The van der Waals surface area contributed by atoms with E-state index in [1.807, 2.05) is 30.8 Å². The molecule has 0 unspecified atom stereocenters. The molecular weight excluding hydrogens is 262 g/mol. The van der Waals surface area contributed by atoms with Gasteiger partial charge in [0.05, 0.1) is 24.9 Å². The standard InChI is InChI=1S/C13H17N3O2S/c1-8-5-13(16(2)15-8)19-12-7-11(18-4)10(17-3)6-9(12)14/h5-7H,14H2,1-4H3. The molecule has 102 valence electrons. The topological polar surface area (TPSA) is 62.3 Å². The Hall–Kier alpha value is -1.82. The van der Waals surface area contributed by atoms with E-state index in [2.05, 4.69) is 5.10 Å². The van der Waals surface area contributed by atoms with Gasteiger partial charge in [0.1, 0.15) is 0 Å². The van der Waals surface area contributed by atoms with Crippen LogP contribution >= 0.6 is 11.8 Å². The summed E-state index contributed by atoms with van der Waals surface area (Å²) in [6.45, 7) is 1.96. The zero-order valence-electron chi connectivity index (χ0n) is 11.4. The minimum Gasteiger partial charge on any atom is -0.493 e. The number of nitrogens with zero attached hydrogens (tertiary/aromatic N) is 2. The maximum atomic E-state index is 6.04. The maximum absolute atomic E-state index is 6.04. The quantitative estimate of drug-likeness (QED) is 0.871. The van der Waals surface area contributed by atoms with Crippen LogP contribution in [0.1, 0.15) is 5.69 Å². The SMILES string of the molecule is COc1cc(N)c(Sc2cc(C)nn2C)cc1OC. The number of methoxy groups -OCH3 is 2. The van der Waals surface area contributed by atoms with E-state index in [9.17, 15) is 0 Å². The van der Waals surface area contributed by atoms with E-state index < -0.39 is 0 Å². The van der Waals surface area contributed by atoms with Crippen LogP contribution in [0.3, 0.4) is 0 Å². The van der Waals surface area contributed by atoms with Crippen molar-refractivity contribution in [1.29, 1.82) is 0 Å². The molecule has 0 aliphatic carbocycles. The number of benzene rings is 1. The molecule has 6 heteroatoms. The van der Waals surface area contributed by atoms with E-state index in [4.69, 9.17) is 15.2 Å². The monoisotopic (exact) mass is 279 g/mol. The number of hydrogen-bond acceptors (Lipinski definition) is 5. The van der Waals surface area contributed by atoms with E-state index >= 15 is 0 Å². The normalized spacial score (nSPS) is 10.5. The van der Waals surface area contributed by atoms with Crippen molar-refractivity contribution in [1.82, 2.24) is 9.78 Å². The summed E-state index contributed by atoms with van der Waals surface area (Å²) in [6.07, 6.45) is 0. The van der Waals surface area contributed by atoms with Gasteiger partial charge >= 0.3 is 0 Å². The van der Waals surface area contributed by atoms with Crippen LogP contribution in [0.25, 0.3) is 0 Å². The lowest BCUT2D eigenvalue weighted by molar-refractivity contribution is 0.354. The second kappa shape index (κ2) is 5.44. The fourth-order valence-corrected chi connectivity index (χ4v) is 2.73. The van der Waals surface area contributed by atoms with Crippen LogP contribution in [-0.4, -0.2) is 24.0 Å².